The number of aryl methyl sites for hydroxylation is 2. The number of nitrogens with one attached hydrogen (secondary N) is 1. The lowest BCUT2D eigenvalue weighted by atomic mass is 9.87. The van der Waals surface area contributed by atoms with Crippen molar-refractivity contribution in [2.45, 2.75) is 57.2 Å². The number of hydrogen-bond donors (Lipinski definition) is 1. The lowest BCUT2D eigenvalue weighted by Gasteiger charge is -2.20. The van der Waals surface area contributed by atoms with Crippen molar-refractivity contribution in [3.8, 4) is 0 Å². The van der Waals surface area contributed by atoms with E-state index in [0.717, 1.165) is 17.3 Å². The van der Waals surface area contributed by atoms with Crippen molar-refractivity contribution in [2.24, 2.45) is 0 Å². The van der Waals surface area contributed by atoms with Gasteiger partial charge in [-0.15, -0.1) is 11.8 Å². The third kappa shape index (κ3) is 5.10. The third-order valence-electron chi connectivity index (χ3n) is 4.53. The van der Waals surface area contributed by atoms with Crippen molar-refractivity contribution in [1.29, 1.82) is 0 Å². The highest BCUT2D eigenvalue weighted by molar-refractivity contribution is 7.98. The quantitative estimate of drug-likeness (QED) is 0.518. The first-order chi connectivity index (χ1) is 13.2. The van der Waals surface area contributed by atoms with Crippen LogP contribution in [0.1, 0.15) is 59.7 Å². The van der Waals surface area contributed by atoms with Crippen LogP contribution in [0.5, 0.6) is 0 Å². The second kappa shape index (κ2) is 8.31. The van der Waals surface area contributed by atoms with E-state index in [9.17, 15) is 4.79 Å². The van der Waals surface area contributed by atoms with Gasteiger partial charge >= 0.3 is 0 Å². The van der Waals surface area contributed by atoms with Crippen LogP contribution in [-0.4, -0.2) is 5.91 Å². The summed E-state index contributed by atoms with van der Waals surface area (Å²) in [4.78, 5) is 13.5. The predicted molar refractivity (Wildman–Crippen MR) is 113 cm³/mol. The molecule has 0 spiro atoms. The summed E-state index contributed by atoms with van der Waals surface area (Å²) >= 11 is 1.73. The molecule has 28 heavy (non-hydrogen) atoms. The molecule has 0 atom stereocenters. The highest BCUT2D eigenvalue weighted by atomic mass is 32.2. The molecule has 0 fully saturated rings. The Morgan fingerprint density at radius 1 is 1.00 bits per heavy atom. The molecule has 2 heterocycles. The number of furan rings is 2. The zero-order valence-corrected chi connectivity index (χ0v) is 17.9. The molecular formula is C23H27NO3S. The summed E-state index contributed by atoms with van der Waals surface area (Å²) in [6, 6.07) is 13.9. The number of amides is 1. The fourth-order valence-corrected chi connectivity index (χ4v) is 3.74. The van der Waals surface area contributed by atoms with Gasteiger partial charge in [-0.05, 0) is 60.7 Å². The third-order valence-corrected chi connectivity index (χ3v) is 5.71. The van der Waals surface area contributed by atoms with E-state index in [1.54, 1.807) is 17.8 Å². The average Bonchev–Trinajstić information content (AvgIpc) is 3.27. The fraction of sp³-hybridized carbons (Fsp3) is 0.348. The van der Waals surface area contributed by atoms with E-state index < -0.39 is 0 Å². The van der Waals surface area contributed by atoms with Crippen molar-refractivity contribution in [1.82, 2.24) is 5.32 Å². The summed E-state index contributed by atoms with van der Waals surface area (Å²) in [5.74, 6) is 3.09. The summed E-state index contributed by atoms with van der Waals surface area (Å²) < 4.78 is 11.2. The Morgan fingerprint density at radius 2 is 1.75 bits per heavy atom. The van der Waals surface area contributed by atoms with Crippen LogP contribution < -0.4 is 5.32 Å². The van der Waals surface area contributed by atoms with E-state index in [-0.39, 0.29) is 11.3 Å². The lowest BCUT2D eigenvalue weighted by molar-refractivity contribution is 0.0918. The van der Waals surface area contributed by atoms with E-state index >= 15 is 0 Å². The highest BCUT2D eigenvalue weighted by Crippen LogP contribution is 2.31. The molecule has 3 rings (SSSR count). The Labute approximate surface area is 170 Å². The average molecular weight is 398 g/mol. The molecule has 0 saturated carbocycles. The van der Waals surface area contributed by atoms with Crippen LogP contribution in [0.4, 0.5) is 0 Å². The highest BCUT2D eigenvalue weighted by Gasteiger charge is 2.16. The van der Waals surface area contributed by atoms with Gasteiger partial charge in [0.25, 0.3) is 5.91 Å². The van der Waals surface area contributed by atoms with Crippen LogP contribution in [0.3, 0.4) is 0 Å². The fourth-order valence-electron chi connectivity index (χ4n) is 2.78. The number of carbonyl (C=O) groups is 1. The predicted octanol–water partition coefficient (Wildman–Crippen LogP) is 6.01. The maximum Gasteiger partial charge on any atom is 0.287 e. The SMILES string of the molecule is Cc1ccc(CNC(=O)c2ccc(CSc3cc(C(C)(C)C)ccc3C)o2)o1. The Morgan fingerprint density at radius 3 is 2.43 bits per heavy atom. The van der Waals surface area contributed by atoms with Gasteiger partial charge in [0.05, 0.1) is 12.3 Å². The monoisotopic (exact) mass is 397 g/mol. The van der Waals surface area contributed by atoms with Gasteiger partial charge in [-0.2, -0.15) is 0 Å². The zero-order valence-electron chi connectivity index (χ0n) is 17.1. The van der Waals surface area contributed by atoms with Gasteiger partial charge in [-0.1, -0.05) is 32.9 Å². The molecule has 1 amide bonds. The molecule has 0 saturated heterocycles. The van der Waals surface area contributed by atoms with Gasteiger partial charge in [0.2, 0.25) is 0 Å². The summed E-state index contributed by atoms with van der Waals surface area (Å²) in [5.41, 5.74) is 2.68. The maximum atomic E-state index is 12.3. The molecule has 0 bridgehead atoms. The number of thioether (sulfide) groups is 1. The van der Waals surface area contributed by atoms with Gasteiger partial charge in [0.1, 0.15) is 17.3 Å². The number of carbonyl (C=O) groups excluding carboxylic acids is 1. The van der Waals surface area contributed by atoms with E-state index in [0.29, 0.717) is 18.1 Å². The van der Waals surface area contributed by atoms with E-state index in [4.69, 9.17) is 8.83 Å². The molecule has 2 aromatic heterocycles. The van der Waals surface area contributed by atoms with Crippen LogP contribution in [0.15, 0.2) is 56.2 Å². The topological polar surface area (TPSA) is 55.4 Å². The Bertz CT molecular complexity index is 962. The Kier molecular flexibility index (Phi) is 6.04. The number of hydrogen-bond acceptors (Lipinski definition) is 4. The second-order valence-electron chi connectivity index (χ2n) is 7.98. The summed E-state index contributed by atoms with van der Waals surface area (Å²) in [6.45, 7) is 11.0. The minimum absolute atomic E-state index is 0.117. The molecule has 148 valence electrons. The largest absolute Gasteiger partial charge is 0.465 e. The molecule has 0 radical (unpaired) electrons. The number of rotatable bonds is 6. The molecule has 0 aliphatic carbocycles. The summed E-state index contributed by atoms with van der Waals surface area (Å²) in [5, 5.41) is 2.82. The molecule has 5 heteroatoms. The molecule has 1 aromatic carbocycles. The molecule has 0 unspecified atom stereocenters. The molecule has 0 aliphatic rings. The number of benzene rings is 1. The van der Waals surface area contributed by atoms with Gasteiger partial charge in [0, 0.05) is 4.90 Å². The zero-order chi connectivity index (χ0) is 20.3. The van der Waals surface area contributed by atoms with Crippen LogP contribution in [-0.2, 0) is 17.7 Å². The molecule has 1 N–H and O–H groups in total. The van der Waals surface area contributed by atoms with Crippen molar-refractivity contribution < 1.29 is 13.6 Å². The lowest BCUT2D eigenvalue weighted by Crippen LogP contribution is -2.21. The standard InChI is InChI=1S/C23H27NO3S/c1-15-6-8-17(23(3,4)5)12-21(15)28-14-19-10-11-20(27-19)22(25)24-13-18-9-7-16(2)26-18/h6-12H,13-14H2,1-5H3,(H,24,25). The van der Waals surface area contributed by atoms with Crippen LogP contribution in [0.25, 0.3) is 0 Å². The van der Waals surface area contributed by atoms with Crippen molar-refractivity contribution in [3.05, 3.63) is 76.6 Å². The van der Waals surface area contributed by atoms with Crippen LogP contribution in [0, 0.1) is 13.8 Å². The van der Waals surface area contributed by atoms with E-state index in [2.05, 4.69) is 51.2 Å². The van der Waals surface area contributed by atoms with Gasteiger partial charge in [-0.25, -0.2) is 0 Å². The molecule has 3 aromatic rings. The first-order valence-corrected chi connectivity index (χ1v) is 10.4. The first kappa shape index (κ1) is 20.3. The first-order valence-electron chi connectivity index (χ1n) is 9.38. The van der Waals surface area contributed by atoms with E-state index in [1.165, 1.54) is 16.0 Å². The van der Waals surface area contributed by atoms with Crippen molar-refractivity contribution in [2.75, 3.05) is 0 Å². The summed E-state index contributed by atoms with van der Waals surface area (Å²) in [6.07, 6.45) is 0. The van der Waals surface area contributed by atoms with Gasteiger partial charge in [0.15, 0.2) is 5.76 Å². The van der Waals surface area contributed by atoms with Crippen LogP contribution in [0.2, 0.25) is 0 Å². The second-order valence-corrected chi connectivity index (χ2v) is 9.00. The van der Waals surface area contributed by atoms with Crippen molar-refractivity contribution in [3.63, 3.8) is 0 Å². The van der Waals surface area contributed by atoms with E-state index in [1.807, 2.05) is 25.1 Å². The van der Waals surface area contributed by atoms with Gasteiger partial charge in [-0.3, -0.25) is 4.79 Å². The minimum atomic E-state index is -0.240. The van der Waals surface area contributed by atoms with Crippen LogP contribution >= 0.6 is 11.8 Å². The Hall–Kier alpha value is -2.40. The van der Waals surface area contributed by atoms with Crippen molar-refractivity contribution >= 4 is 17.7 Å². The molecule has 0 aliphatic heterocycles. The molecular weight excluding hydrogens is 370 g/mol. The normalized spacial score (nSPS) is 11.6. The molecule has 4 nitrogen and oxygen atoms in total. The maximum absolute atomic E-state index is 12.3. The minimum Gasteiger partial charge on any atom is -0.465 e. The smallest absolute Gasteiger partial charge is 0.287 e. The van der Waals surface area contributed by atoms with Gasteiger partial charge < -0.3 is 14.2 Å². The summed E-state index contributed by atoms with van der Waals surface area (Å²) in [7, 11) is 0. The Balaban J connectivity index is 1.59.